The molecule has 7 heteroatoms. The summed E-state index contributed by atoms with van der Waals surface area (Å²) in [6.07, 6.45) is 1.52. The number of pyridine rings is 1. The second-order valence-electron chi connectivity index (χ2n) is 4.05. The van der Waals surface area contributed by atoms with Crippen LogP contribution in [0.3, 0.4) is 0 Å². The molecule has 2 heterocycles. The van der Waals surface area contributed by atoms with Crippen molar-refractivity contribution < 1.29 is 9.21 Å². The van der Waals surface area contributed by atoms with Crippen LogP contribution >= 0.6 is 11.8 Å². The first-order valence-corrected chi connectivity index (χ1v) is 6.53. The van der Waals surface area contributed by atoms with Gasteiger partial charge in [0.15, 0.2) is 5.58 Å². The van der Waals surface area contributed by atoms with Gasteiger partial charge in [-0.15, -0.1) is 0 Å². The number of rotatable bonds is 3. The summed E-state index contributed by atoms with van der Waals surface area (Å²) in [6, 6.07) is 8.60. The van der Waals surface area contributed by atoms with Crippen LogP contribution in [-0.4, -0.2) is 15.9 Å². The van der Waals surface area contributed by atoms with E-state index in [1.54, 1.807) is 30.3 Å². The summed E-state index contributed by atoms with van der Waals surface area (Å²) in [6.45, 7) is 0. The monoisotopic (exact) mass is 286 g/mol. The van der Waals surface area contributed by atoms with Gasteiger partial charge in [0.25, 0.3) is 11.1 Å². The minimum atomic E-state index is -0.571. The molecule has 3 rings (SSSR count). The summed E-state index contributed by atoms with van der Waals surface area (Å²) in [7, 11) is 0. The van der Waals surface area contributed by atoms with E-state index in [-0.39, 0.29) is 5.69 Å². The van der Waals surface area contributed by atoms with Gasteiger partial charge in [-0.1, -0.05) is 0 Å². The zero-order valence-electron chi connectivity index (χ0n) is 10.2. The second kappa shape index (κ2) is 4.86. The normalized spacial score (nSPS) is 10.8. The molecule has 2 aromatic heterocycles. The van der Waals surface area contributed by atoms with Crippen LogP contribution < -0.4 is 11.5 Å². The van der Waals surface area contributed by atoms with Gasteiger partial charge in [0, 0.05) is 16.8 Å². The number of anilines is 1. The molecule has 0 aliphatic carbocycles. The lowest BCUT2D eigenvalue weighted by atomic mass is 10.3. The Morgan fingerprint density at radius 1 is 1.25 bits per heavy atom. The van der Waals surface area contributed by atoms with Crippen LogP contribution in [0.2, 0.25) is 0 Å². The maximum absolute atomic E-state index is 11.1. The Bertz CT molecular complexity index is 800. The number of amides is 1. The SMILES string of the molecule is NC(=O)c1cc(Sc2nc3cc(N)ccc3o2)ccn1. The Morgan fingerprint density at radius 3 is 2.90 bits per heavy atom. The smallest absolute Gasteiger partial charge is 0.267 e. The van der Waals surface area contributed by atoms with Crippen molar-refractivity contribution in [2.75, 3.05) is 5.73 Å². The fraction of sp³-hybridized carbons (Fsp3) is 0. The molecule has 1 aromatic carbocycles. The van der Waals surface area contributed by atoms with Crippen LogP contribution in [0.15, 0.2) is 51.1 Å². The first-order valence-electron chi connectivity index (χ1n) is 5.71. The van der Waals surface area contributed by atoms with Crippen molar-refractivity contribution in [2.45, 2.75) is 10.1 Å². The van der Waals surface area contributed by atoms with Crippen LogP contribution in [0.1, 0.15) is 10.5 Å². The third kappa shape index (κ3) is 2.43. The largest absolute Gasteiger partial charge is 0.431 e. The van der Waals surface area contributed by atoms with Crippen LogP contribution in [0.4, 0.5) is 5.69 Å². The fourth-order valence-electron chi connectivity index (χ4n) is 1.68. The lowest BCUT2D eigenvalue weighted by molar-refractivity contribution is 0.0995. The fourth-order valence-corrected chi connectivity index (χ4v) is 2.45. The first-order chi connectivity index (χ1) is 9.61. The molecular formula is C13H10N4O2S. The van der Waals surface area contributed by atoms with Gasteiger partial charge in [-0.2, -0.15) is 0 Å². The molecule has 0 spiro atoms. The van der Waals surface area contributed by atoms with Crippen molar-refractivity contribution in [3.05, 3.63) is 42.2 Å². The highest BCUT2D eigenvalue weighted by Gasteiger charge is 2.09. The van der Waals surface area contributed by atoms with E-state index in [0.29, 0.717) is 22.0 Å². The number of oxazole rings is 1. The van der Waals surface area contributed by atoms with E-state index >= 15 is 0 Å². The van der Waals surface area contributed by atoms with Gasteiger partial charge in [0.1, 0.15) is 11.2 Å². The number of nitrogen functional groups attached to an aromatic ring is 1. The zero-order valence-corrected chi connectivity index (χ0v) is 11.1. The number of nitrogens with zero attached hydrogens (tertiary/aromatic N) is 2. The molecule has 0 fully saturated rings. The van der Waals surface area contributed by atoms with Crippen LogP contribution in [0, 0.1) is 0 Å². The Balaban J connectivity index is 1.92. The number of hydrogen-bond acceptors (Lipinski definition) is 6. The van der Waals surface area contributed by atoms with Crippen molar-refractivity contribution in [2.24, 2.45) is 5.73 Å². The molecule has 0 aliphatic heterocycles. The average molecular weight is 286 g/mol. The van der Waals surface area contributed by atoms with E-state index in [0.717, 1.165) is 4.90 Å². The van der Waals surface area contributed by atoms with Gasteiger partial charge in [0.2, 0.25) is 0 Å². The van der Waals surface area contributed by atoms with E-state index in [9.17, 15) is 4.79 Å². The molecule has 0 bridgehead atoms. The molecule has 1 amide bonds. The first kappa shape index (κ1) is 12.5. The predicted octanol–water partition coefficient (Wildman–Crippen LogP) is 2.06. The van der Waals surface area contributed by atoms with Crippen LogP contribution in [0.25, 0.3) is 11.1 Å². The quantitative estimate of drug-likeness (QED) is 0.713. The average Bonchev–Trinajstić information content (AvgIpc) is 2.80. The maximum atomic E-state index is 11.1. The van der Waals surface area contributed by atoms with Gasteiger partial charge in [0.05, 0.1) is 0 Å². The summed E-state index contributed by atoms with van der Waals surface area (Å²) < 4.78 is 5.59. The lowest BCUT2D eigenvalue weighted by Gasteiger charge is -1.98. The van der Waals surface area contributed by atoms with Crippen molar-refractivity contribution in [3.8, 4) is 0 Å². The number of aromatic nitrogens is 2. The minimum Gasteiger partial charge on any atom is -0.431 e. The van der Waals surface area contributed by atoms with E-state index in [1.165, 1.54) is 18.0 Å². The van der Waals surface area contributed by atoms with Gasteiger partial charge in [-0.05, 0) is 42.1 Å². The minimum absolute atomic E-state index is 0.204. The lowest BCUT2D eigenvalue weighted by Crippen LogP contribution is -2.12. The molecular weight excluding hydrogens is 276 g/mol. The van der Waals surface area contributed by atoms with Gasteiger partial charge in [-0.25, -0.2) is 4.98 Å². The predicted molar refractivity (Wildman–Crippen MR) is 75.3 cm³/mol. The Morgan fingerprint density at radius 2 is 2.10 bits per heavy atom. The van der Waals surface area contributed by atoms with E-state index < -0.39 is 5.91 Å². The van der Waals surface area contributed by atoms with Crippen molar-refractivity contribution >= 4 is 34.5 Å². The maximum Gasteiger partial charge on any atom is 0.267 e. The van der Waals surface area contributed by atoms with Gasteiger partial charge < -0.3 is 15.9 Å². The third-order valence-electron chi connectivity index (χ3n) is 2.58. The van der Waals surface area contributed by atoms with Crippen LogP contribution in [-0.2, 0) is 0 Å². The van der Waals surface area contributed by atoms with E-state index in [1.807, 2.05) is 0 Å². The van der Waals surface area contributed by atoms with Gasteiger partial charge in [-0.3, -0.25) is 9.78 Å². The van der Waals surface area contributed by atoms with Crippen molar-refractivity contribution in [1.29, 1.82) is 0 Å². The molecule has 0 aliphatic rings. The number of benzene rings is 1. The van der Waals surface area contributed by atoms with Crippen molar-refractivity contribution in [1.82, 2.24) is 9.97 Å². The summed E-state index contributed by atoms with van der Waals surface area (Å²) in [5, 5.41) is 0.465. The Labute approximate surface area is 118 Å². The highest BCUT2D eigenvalue weighted by atomic mass is 32.2. The standard InChI is InChI=1S/C13H10N4O2S/c14-7-1-2-11-9(5-7)17-13(19-11)20-8-3-4-16-10(6-8)12(15)18/h1-6H,14H2,(H2,15,18). The van der Waals surface area contributed by atoms with E-state index in [2.05, 4.69) is 9.97 Å². The number of hydrogen-bond donors (Lipinski definition) is 2. The van der Waals surface area contributed by atoms with Crippen LogP contribution in [0.5, 0.6) is 0 Å². The molecule has 20 heavy (non-hydrogen) atoms. The highest BCUT2D eigenvalue weighted by Crippen LogP contribution is 2.30. The molecule has 6 nitrogen and oxygen atoms in total. The summed E-state index contributed by atoms with van der Waals surface area (Å²) in [4.78, 5) is 20.1. The molecule has 0 unspecified atom stereocenters. The molecule has 0 saturated heterocycles. The molecule has 100 valence electrons. The Hall–Kier alpha value is -2.54. The highest BCUT2D eigenvalue weighted by molar-refractivity contribution is 7.99. The van der Waals surface area contributed by atoms with E-state index in [4.69, 9.17) is 15.9 Å². The van der Waals surface area contributed by atoms with Crippen molar-refractivity contribution in [3.63, 3.8) is 0 Å². The Kier molecular flexibility index (Phi) is 3.03. The summed E-state index contributed by atoms with van der Waals surface area (Å²) in [5.74, 6) is -0.571. The molecule has 3 aromatic rings. The second-order valence-corrected chi connectivity index (χ2v) is 5.07. The number of carbonyl (C=O) groups excluding carboxylic acids is 1. The number of carbonyl (C=O) groups is 1. The van der Waals surface area contributed by atoms with Gasteiger partial charge >= 0.3 is 0 Å². The molecule has 0 atom stereocenters. The molecule has 0 saturated carbocycles. The number of nitrogens with two attached hydrogens (primary N) is 2. The number of primary amides is 1. The number of fused-ring (bicyclic) bond motifs is 1. The topological polar surface area (TPSA) is 108 Å². The summed E-state index contributed by atoms with van der Waals surface area (Å²) >= 11 is 1.28. The zero-order chi connectivity index (χ0) is 14.1. The molecule has 0 radical (unpaired) electrons. The summed E-state index contributed by atoms with van der Waals surface area (Å²) in [5.41, 5.74) is 13.1. The molecule has 4 N–H and O–H groups in total. The third-order valence-corrected chi connectivity index (χ3v) is 3.42.